The van der Waals surface area contributed by atoms with Gasteiger partial charge in [0, 0.05) is 6.42 Å². The minimum Gasteiger partial charge on any atom is -0.131 e. The molecule has 0 aliphatic rings. The monoisotopic (exact) mass is 230 g/mol. The molecule has 1 rings (SSSR count). The SMILES string of the molecule is CC(C)(C)[Si](C)(C)C#CCc1ccccc1. The third kappa shape index (κ3) is 3.54. The van der Waals surface area contributed by atoms with Crippen LogP contribution in [-0.2, 0) is 6.42 Å². The molecule has 0 atom stereocenters. The fourth-order valence-electron chi connectivity index (χ4n) is 1.15. The van der Waals surface area contributed by atoms with Gasteiger partial charge in [-0.25, -0.2) is 0 Å². The molecule has 0 aromatic heterocycles. The van der Waals surface area contributed by atoms with Crippen molar-refractivity contribution >= 4 is 8.07 Å². The van der Waals surface area contributed by atoms with Gasteiger partial charge in [-0.3, -0.25) is 0 Å². The molecule has 0 heterocycles. The Kier molecular flexibility index (Phi) is 3.99. The molecule has 0 nitrogen and oxygen atoms in total. The quantitative estimate of drug-likeness (QED) is 0.499. The summed E-state index contributed by atoms with van der Waals surface area (Å²) in [5.74, 6) is 3.36. The smallest absolute Gasteiger partial charge is 0.131 e. The summed E-state index contributed by atoms with van der Waals surface area (Å²) in [5.41, 5.74) is 4.85. The van der Waals surface area contributed by atoms with Gasteiger partial charge in [0.2, 0.25) is 0 Å². The van der Waals surface area contributed by atoms with Crippen LogP contribution in [0.25, 0.3) is 0 Å². The number of rotatable bonds is 1. The standard InChI is InChI=1S/C15H22Si/c1-15(2,3)16(4,5)13-9-12-14-10-7-6-8-11-14/h6-8,10-11H,12H2,1-5H3. The molecule has 1 heteroatoms. The Morgan fingerprint density at radius 2 is 1.62 bits per heavy atom. The van der Waals surface area contributed by atoms with Crippen molar-refractivity contribution in [3.8, 4) is 11.5 Å². The van der Waals surface area contributed by atoms with Crippen molar-refractivity contribution in [3.63, 3.8) is 0 Å². The maximum absolute atomic E-state index is 3.54. The van der Waals surface area contributed by atoms with Crippen molar-refractivity contribution in [2.24, 2.45) is 0 Å². The van der Waals surface area contributed by atoms with Gasteiger partial charge in [0.25, 0.3) is 0 Å². The Bertz CT molecular complexity index is 385. The number of benzene rings is 1. The van der Waals surface area contributed by atoms with Crippen molar-refractivity contribution in [2.75, 3.05) is 0 Å². The van der Waals surface area contributed by atoms with Gasteiger partial charge in [0.15, 0.2) is 0 Å². The molecule has 0 radical (unpaired) electrons. The molecule has 0 unspecified atom stereocenters. The molecule has 0 fully saturated rings. The van der Waals surface area contributed by atoms with Gasteiger partial charge in [-0.2, -0.15) is 0 Å². The van der Waals surface area contributed by atoms with E-state index < -0.39 is 8.07 Å². The molecule has 1 aromatic carbocycles. The van der Waals surface area contributed by atoms with Gasteiger partial charge in [-0.15, -0.1) is 11.5 Å². The van der Waals surface area contributed by atoms with Crippen molar-refractivity contribution < 1.29 is 0 Å². The van der Waals surface area contributed by atoms with Gasteiger partial charge >= 0.3 is 0 Å². The Morgan fingerprint density at radius 1 is 1.06 bits per heavy atom. The summed E-state index contributed by atoms with van der Waals surface area (Å²) in [6, 6.07) is 10.5. The summed E-state index contributed by atoms with van der Waals surface area (Å²) in [4.78, 5) is 0. The first-order valence-electron chi connectivity index (χ1n) is 5.87. The molecule has 86 valence electrons. The second-order valence-corrected chi connectivity index (χ2v) is 10.8. The highest BCUT2D eigenvalue weighted by Gasteiger charge is 2.33. The van der Waals surface area contributed by atoms with Gasteiger partial charge in [-0.05, 0) is 10.6 Å². The van der Waals surface area contributed by atoms with Gasteiger partial charge in [0.05, 0.1) is 0 Å². The molecule has 0 saturated carbocycles. The molecule has 16 heavy (non-hydrogen) atoms. The largest absolute Gasteiger partial charge is 0.137 e. The van der Waals surface area contributed by atoms with Crippen LogP contribution >= 0.6 is 0 Å². The first-order chi connectivity index (χ1) is 7.33. The van der Waals surface area contributed by atoms with Crippen LogP contribution in [0.5, 0.6) is 0 Å². The minimum atomic E-state index is -1.42. The zero-order chi connectivity index (χ0) is 12.2. The molecule has 0 aliphatic carbocycles. The zero-order valence-electron chi connectivity index (χ0n) is 11.1. The average molecular weight is 230 g/mol. The van der Waals surface area contributed by atoms with Crippen LogP contribution in [0.15, 0.2) is 30.3 Å². The van der Waals surface area contributed by atoms with E-state index in [0.717, 1.165) is 6.42 Å². The van der Waals surface area contributed by atoms with E-state index in [4.69, 9.17) is 0 Å². The maximum atomic E-state index is 3.54. The Balaban J connectivity index is 2.70. The van der Waals surface area contributed by atoms with E-state index in [-0.39, 0.29) is 0 Å². The second-order valence-electron chi connectivity index (χ2n) is 5.84. The molecular formula is C15H22Si. The molecule has 0 saturated heterocycles. The third-order valence-corrected chi connectivity index (χ3v) is 7.96. The lowest BCUT2D eigenvalue weighted by atomic mass is 10.2. The van der Waals surface area contributed by atoms with E-state index in [2.05, 4.69) is 69.6 Å². The van der Waals surface area contributed by atoms with Gasteiger partial charge in [-0.1, -0.05) is 64.2 Å². The second kappa shape index (κ2) is 4.89. The highest BCUT2D eigenvalue weighted by molar-refractivity contribution is 6.87. The van der Waals surface area contributed by atoms with E-state index in [0.29, 0.717) is 5.04 Å². The fourth-order valence-corrected chi connectivity index (χ4v) is 2.06. The lowest BCUT2D eigenvalue weighted by molar-refractivity contribution is 0.731. The summed E-state index contributed by atoms with van der Waals surface area (Å²) < 4.78 is 0. The first-order valence-corrected chi connectivity index (χ1v) is 8.87. The predicted molar refractivity (Wildman–Crippen MR) is 75.1 cm³/mol. The van der Waals surface area contributed by atoms with Crippen LogP contribution in [0.2, 0.25) is 18.1 Å². The molecule has 0 amide bonds. The lowest BCUT2D eigenvalue weighted by Gasteiger charge is -2.31. The first kappa shape index (κ1) is 13.1. The molecule has 0 bridgehead atoms. The molecule has 0 aliphatic heterocycles. The van der Waals surface area contributed by atoms with Crippen molar-refractivity contribution in [3.05, 3.63) is 35.9 Å². The zero-order valence-corrected chi connectivity index (χ0v) is 12.1. The van der Waals surface area contributed by atoms with Crippen molar-refractivity contribution in [2.45, 2.75) is 45.3 Å². The highest BCUT2D eigenvalue weighted by Crippen LogP contribution is 2.35. The van der Waals surface area contributed by atoms with Crippen molar-refractivity contribution in [1.82, 2.24) is 0 Å². The normalized spacial score (nSPS) is 11.8. The van der Waals surface area contributed by atoms with Gasteiger partial charge < -0.3 is 0 Å². The third-order valence-electron chi connectivity index (χ3n) is 3.41. The summed E-state index contributed by atoms with van der Waals surface area (Å²) in [5, 5.41) is 0.358. The topological polar surface area (TPSA) is 0 Å². The van der Waals surface area contributed by atoms with E-state index in [1.165, 1.54) is 5.56 Å². The van der Waals surface area contributed by atoms with Crippen molar-refractivity contribution in [1.29, 1.82) is 0 Å². The maximum Gasteiger partial charge on any atom is 0.137 e. The van der Waals surface area contributed by atoms with Crippen LogP contribution in [0.1, 0.15) is 26.3 Å². The van der Waals surface area contributed by atoms with Crippen LogP contribution in [-0.4, -0.2) is 8.07 Å². The van der Waals surface area contributed by atoms with E-state index in [1.54, 1.807) is 0 Å². The van der Waals surface area contributed by atoms with Gasteiger partial charge in [0.1, 0.15) is 8.07 Å². The van der Waals surface area contributed by atoms with Crippen LogP contribution in [0.4, 0.5) is 0 Å². The number of hydrogen-bond donors (Lipinski definition) is 0. The molecule has 0 spiro atoms. The van der Waals surface area contributed by atoms with E-state index in [9.17, 15) is 0 Å². The Labute approximate surface area is 101 Å². The predicted octanol–water partition coefficient (Wildman–Crippen LogP) is 4.28. The number of hydrogen-bond acceptors (Lipinski definition) is 0. The summed E-state index contributed by atoms with van der Waals surface area (Å²) in [6.07, 6.45) is 0.882. The van der Waals surface area contributed by atoms with Crippen LogP contribution < -0.4 is 0 Å². The van der Waals surface area contributed by atoms with Crippen LogP contribution in [0.3, 0.4) is 0 Å². The fraction of sp³-hybridized carbons (Fsp3) is 0.467. The molecular weight excluding hydrogens is 208 g/mol. The van der Waals surface area contributed by atoms with E-state index in [1.807, 2.05) is 6.07 Å². The Hall–Kier alpha value is -1.00. The average Bonchev–Trinajstić information content (AvgIpc) is 2.17. The lowest BCUT2D eigenvalue weighted by Crippen LogP contribution is -2.35. The molecule has 0 N–H and O–H groups in total. The summed E-state index contributed by atoms with van der Waals surface area (Å²) in [6.45, 7) is 11.6. The summed E-state index contributed by atoms with van der Waals surface area (Å²) in [7, 11) is -1.42. The molecule has 1 aromatic rings. The highest BCUT2D eigenvalue weighted by atomic mass is 28.3. The minimum absolute atomic E-state index is 0.358. The summed E-state index contributed by atoms with van der Waals surface area (Å²) >= 11 is 0. The van der Waals surface area contributed by atoms with Crippen LogP contribution in [0, 0.1) is 11.5 Å². The van der Waals surface area contributed by atoms with E-state index >= 15 is 0 Å². The Morgan fingerprint density at radius 3 is 2.12 bits per heavy atom.